The Balaban J connectivity index is 0.00000172. The number of allylic oxidation sites excluding steroid dienone is 1. The van der Waals surface area contributed by atoms with E-state index in [1.807, 2.05) is 58.0 Å². The van der Waals surface area contributed by atoms with Crippen molar-refractivity contribution in [2.75, 3.05) is 0 Å². The molecule has 7 nitrogen and oxygen atoms in total. The summed E-state index contributed by atoms with van der Waals surface area (Å²) < 4.78 is 6.25. The van der Waals surface area contributed by atoms with Gasteiger partial charge in [0.1, 0.15) is 11.4 Å². The summed E-state index contributed by atoms with van der Waals surface area (Å²) in [5.41, 5.74) is 10.5. The Labute approximate surface area is 232 Å². The molecule has 2 aromatic rings. The van der Waals surface area contributed by atoms with Gasteiger partial charge in [0.25, 0.3) is 5.91 Å². The summed E-state index contributed by atoms with van der Waals surface area (Å²) >= 11 is 0. The Morgan fingerprint density at radius 1 is 1.13 bits per heavy atom. The molecule has 4 aliphatic heterocycles. The molecule has 6 rings (SSSR count). The zero-order valence-electron chi connectivity index (χ0n) is 24.1. The first kappa shape index (κ1) is 28.4. The van der Waals surface area contributed by atoms with Gasteiger partial charge in [0.2, 0.25) is 5.91 Å². The third-order valence-electron chi connectivity index (χ3n) is 7.43. The maximum atomic E-state index is 13.6. The van der Waals surface area contributed by atoms with Crippen molar-refractivity contribution in [2.24, 2.45) is 10.7 Å². The molecule has 0 radical (unpaired) electrons. The van der Waals surface area contributed by atoms with Gasteiger partial charge in [-0.1, -0.05) is 52.0 Å². The Kier molecular flexibility index (Phi) is 8.48. The van der Waals surface area contributed by atoms with E-state index in [0.717, 1.165) is 40.8 Å². The summed E-state index contributed by atoms with van der Waals surface area (Å²) in [5, 5.41) is 3.26. The Morgan fingerprint density at radius 2 is 1.90 bits per heavy atom. The van der Waals surface area contributed by atoms with Crippen molar-refractivity contribution in [2.45, 2.75) is 97.4 Å². The number of guanidine groups is 1. The topological polar surface area (TPSA) is 97.0 Å². The van der Waals surface area contributed by atoms with E-state index in [1.54, 1.807) is 4.90 Å². The third kappa shape index (κ3) is 6.35. The lowest BCUT2D eigenvalue weighted by Gasteiger charge is -2.38. The normalized spacial score (nSPS) is 22.9. The molecule has 0 spiro atoms. The molecule has 2 atom stereocenters. The van der Waals surface area contributed by atoms with Crippen molar-refractivity contribution >= 4 is 23.8 Å². The molecule has 0 fully saturated rings. The molecule has 3 N–H and O–H groups in total. The molecule has 0 saturated heterocycles. The van der Waals surface area contributed by atoms with E-state index in [4.69, 9.17) is 10.5 Å². The SMILES string of the molecule is CC.CC(C)c1ccc2cc1CN1C(=O)CC(CC/C=C/c3ccc4c(c3)C(CC(C)(C)O4)NC2=O)N=C1N. The Hall–Kier alpha value is -3.61. The van der Waals surface area contributed by atoms with Crippen LogP contribution in [0.1, 0.15) is 112 Å². The van der Waals surface area contributed by atoms with E-state index in [9.17, 15) is 9.59 Å². The maximum absolute atomic E-state index is 13.6. The van der Waals surface area contributed by atoms with Gasteiger partial charge in [-0.25, -0.2) is 4.99 Å². The Bertz CT molecular complexity index is 1290. The number of aliphatic imine (C=N–C) groups is 1. The number of amides is 2. The van der Waals surface area contributed by atoms with Gasteiger partial charge in [0, 0.05) is 24.0 Å². The van der Waals surface area contributed by atoms with Crippen LogP contribution in [0.25, 0.3) is 6.08 Å². The number of fused-ring (bicyclic) bond motifs is 4. The van der Waals surface area contributed by atoms with Gasteiger partial charge >= 0.3 is 0 Å². The van der Waals surface area contributed by atoms with Gasteiger partial charge in [-0.2, -0.15) is 0 Å². The molecular formula is C32H42N4O3. The van der Waals surface area contributed by atoms with Crippen LogP contribution in [0.5, 0.6) is 5.75 Å². The van der Waals surface area contributed by atoms with Crippen LogP contribution in [-0.2, 0) is 11.3 Å². The van der Waals surface area contributed by atoms with Crippen molar-refractivity contribution in [3.63, 3.8) is 0 Å². The number of hydrogen-bond donors (Lipinski definition) is 2. The summed E-state index contributed by atoms with van der Waals surface area (Å²) in [5.74, 6) is 1.10. The molecule has 2 amide bonds. The van der Waals surface area contributed by atoms with Crippen molar-refractivity contribution in [1.29, 1.82) is 0 Å². The fourth-order valence-electron chi connectivity index (χ4n) is 5.55. The lowest BCUT2D eigenvalue weighted by molar-refractivity contribution is -0.128. The quantitative estimate of drug-likeness (QED) is 0.466. The van der Waals surface area contributed by atoms with E-state index in [-0.39, 0.29) is 35.8 Å². The second kappa shape index (κ2) is 11.6. The summed E-state index contributed by atoms with van der Waals surface area (Å²) in [6.45, 7) is 12.6. The highest BCUT2D eigenvalue weighted by molar-refractivity contribution is 5.98. The van der Waals surface area contributed by atoms with Gasteiger partial charge in [0.15, 0.2) is 5.96 Å². The lowest BCUT2D eigenvalue weighted by atomic mass is 9.88. The number of carbonyl (C=O) groups is 2. The first-order valence-electron chi connectivity index (χ1n) is 14.2. The average molecular weight is 531 g/mol. The monoisotopic (exact) mass is 530 g/mol. The average Bonchev–Trinajstić information content (AvgIpc) is 2.89. The first-order chi connectivity index (χ1) is 18.6. The molecule has 4 aliphatic rings. The lowest BCUT2D eigenvalue weighted by Crippen LogP contribution is -2.46. The predicted octanol–water partition coefficient (Wildman–Crippen LogP) is 6.09. The number of rotatable bonds is 1. The number of benzene rings is 2. The molecule has 0 aliphatic carbocycles. The van der Waals surface area contributed by atoms with E-state index in [1.165, 1.54) is 0 Å². The number of nitrogens with two attached hydrogens (primary N) is 1. The zero-order valence-corrected chi connectivity index (χ0v) is 24.1. The van der Waals surface area contributed by atoms with Gasteiger partial charge < -0.3 is 15.8 Å². The van der Waals surface area contributed by atoms with Crippen LogP contribution in [0.3, 0.4) is 0 Å². The van der Waals surface area contributed by atoms with Crippen LogP contribution in [-0.4, -0.2) is 34.3 Å². The predicted molar refractivity (Wildman–Crippen MR) is 157 cm³/mol. The second-order valence-electron chi connectivity index (χ2n) is 11.3. The largest absolute Gasteiger partial charge is 0.487 e. The van der Waals surface area contributed by atoms with Crippen molar-refractivity contribution in [3.05, 3.63) is 70.3 Å². The summed E-state index contributed by atoms with van der Waals surface area (Å²) in [4.78, 5) is 32.8. The minimum absolute atomic E-state index is 0.0307. The number of ether oxygens (including phenoxy) is 1. The van der Waals surface area contributed by atoms with Gasteiger partial charge in [-0.15, -0.1) is 0 Å². The van der Waals surface area contributed by atoms with E-state index in [0.29, 0.717) is 24.9 Å². The van der Waals surface area contributed by atoms with E-state index < -0.39 is 5.60 Å². The van der Waals surface area contributed by atoms with E-state index in [2.05, 4.69) is 42.4 Å². The fraction of sp³-hybridized carbons (Fsp3) is 0.469. The van der Waals surface area contributed by atoms with Crippen molar-refractivity contribution in [3.8, 4) is 5.75 Å². The standard InChI is InChI=1S/C30H36N4O3.C2H6/c1-18(2)23-11-10-20-14-21(23)17-34-27(35)15-22(32-29(34)31)8-6-5-7-19-9-12-26-24(13-19)25(33-28(20)36)16-30(3,4)37-26;1-2/h5,7,9-14,18,22,25H,6,8,15-17H2,1-4H3,(H2,31,32)(H,33,36);1-2H3/b7-5+;. The molecular weight excluding hydrogens is 488 g/mol. The van der Waals surface area contributed by atoms with Crippen molar-refractivity contribution in [1.82, 2.24) is 10.2 Å². The number of carbonyl (C=O) groups excluding carboxylic acids is 2. The minimum Gasteiger partial charge on any atom is -0.487 e. The molecule has 7 heteroatoms. The van der Waals surface area contributed by atoms with Crippen molar-refractivity contribution < 1.29 is 14.3 Å². The zero-order chi connectivity index (χ0) is 28.3. The van der Waals surface area contributed by atoms with Crippen LogP contribution in [0.4, 0.5) is 0 Å². The smallest absolute Gasteiger partial charge is 0.251 e. The number of hydrogen-bond acceptors (Lipinski definition) is 5. The fourth-order valence-corrected chi connectivity index (χ4v) is 5.55. The van der Waals surface area contributed by atoms with Gasteiger partial charge in [0.05, 0.1) is 18.6 Å². The highest BCUT2D eigenvalue weighted by Gasteiger charge is 2.35. The molecule has 39 heavy (non-hydrogen) atoms. The van der Waals surface area contributed by atoms with Crippen LogP contribution >= 0.6 is 0 Å². The highest BCUT2D eigenvalue weighted by atomic mass is 16.5. The van der Waals surface area contributed by atoms with E-state index >= 15 is 0 Å². The third-order valence-corrected chi connectivity index (χ3v) is 7.43. The summed E-state index contributed by atoms with van der Waals surface area (Å²) in [6.07, 6.45) is 6.71. The van der Waals surface area contributed by atoms with Crippen LogP contribution in [0.15, 0.2) is 47.5 Å². The first-order valence-corrected chi connectivity index (χ1v) is 14.2. The second-order valence-corrected chi connectivity index (χ2v) is 11.3. The van der Waals surface area contributed by atoms with Crippen LogP contribution < -0.4 is 15.8 Å². The molecule has 2 aromatic carbocycles. The highest BCUT2D eigenvalue weighted by Crippen LogP contribution is 2.40. The molecule has 208 valence electrons. The summed E-state index contributed by atoms with van der Waals surface area (Å²) in [7, 11) is 0. The number of nitrogens with one attached hydrogen (secondary N) is 1. The maximum Gasteiger partial charge on any atom is 0.251 e. The summed E-state index contributed by atoms with van der Waals surface area (Å²) in [6, 6.07) is 11.6. The van der Waals surface area contributed by atoms with Crippen LogP contribution in [0.2, 0.25) is 0 Å². The number of nitrogens with zero attached hydrogens (tertiary/aromatic N) is 2. The Morgan fingerprint density at radius 3 is 2.62 bits per heavy atom. The molecule has 0 aromatic heterocycles. The van der Waals surface area contributed by atoms with Crippen LogP contribution in [0, 0.1) is 0 Å². The minimum atomic E-state index is -0.407. The van der Waals surface area contributed by atoms with Gasteiger partial charge in [-0.3, -0.25) is 14.5 Å². The molecule has 4 heterocycles. The molecule has 2 unspecified atom stereocenters. The molecule has 0 saturated carbocycles. The van der Waals surface area contributed by atoms with Gasteiger partial charge in [-0.05, 0) is 73.6 Å². The molecule has 6 bridgehead atoms.